The number of benzene rings is 1. The van der Waals surface area contributed by atoms with Crippen molar-refractivity contribution in [2.24, 2.45) is 5.41 Å². The van der Waals surface area contributed by atoms with Crippen LogP contribution in [0.2, 0.25) is 0 Å². The summed E-state index contributed by atoms with van der Waals surface area (Å²) in [6, 6.07) is 3.63. The van der Waals surface area contributed by atoms with Crippen LogP contribution in [-0.4, -0.2) is 84.1 Å². The first kappa shape index (κ1) is 27.7. The second-order valence-corrected chi connectivity index (χ2v) is 11.1. The van der Waals surface area contributed by atoms with Gasteiger partial charge in [0.2, 0.25) is 11.8 Å². The van der Waals surface area contributed by atoms with Crippen molar-refractivity contribution < 1.29 is 23.5 Å². The minimum absolute atomic E-state index is 0.0400. The van der Waals surface area contributed by atoms with Crippen LogP contribution in [-0.2, 0) is 9.59 Å². The van der Waals surface area contributed by atoms with Gasteiger partial charge in [-0.25, -0.2) is 9.18 Å². The monoisotopic (exact) mass is 505 g/mol. The average molecular weight is 506 g/mol. The Morgan fingerprint density at radius 1 is 1.06 bits per heavy atom. The third-order valence-electron chi connectivity index (χ3n) is 6.86. The molecule has 2 fully saturated rings. The summed E-state index contributed by atoms with van der Waals surface area (Å²) in [6.45, 7) is 12.0. The lowest BCUT2D eigenvalue weighted by Crippen LogP contribution is -2.59. The highest BCUT2D eigenvalue weighted by Gasteiger charge is 2.54. The highest BCUT2D eigenvalue weighted by Crippen LogP contribution is 2.36. The lowest BCUT2D eigenvalue weighted by Gasteiger charge is -2.37. The molecule has 200 valence electrons. The lowest BCUT2D eigenvalue weighted by molar-refractivity contribution is -0.141. The number of urea groups is 1. The summed E-state index contributed by atoms with van der Waals surface area (Å²) < 4.78 is 19.7. The molecule has 2 heterocycles. The molecule has 5 atom stereocenters. The molecule has 10 heteroatoms. The van der Waals surface area contributed by atoms with Crippen molar-refractivity contribution in [1.29, 1.82) is 0 Å². The number of carbonyl (C=O) groups is 3. The van der Waals surface area contributed by atoms with Gasteiger partial charge in [-0.15, -0.1) is 0 Å². The molecule has 5 unspecified atom stereocenters. The minimum atomic E-state index is -0.760. The van der Waals surface area contributed by atoms with Gasteiger partial charge in [0.05, 0.1) is 24.7 Å². The van der Waals surface area contributed by atoms with Crippen molar-refractivity contribution in [3.63, 3.8) is 0 Å². The van der Waals surface area contributed by atoms with Crippen molar-refractivity contribution in [1.82, 2.24) is 25.8 Å². The molecule has 0 aromatic heterocycles. The summed E-state index contributed by atoms with van der Waals surface area (Å²) in [4.78, 5) is 43.1. The van der Waals surface area contributed by atoms with E-state index in [-0.39, 0.29) is 35.7 Å². The van der Waals surface area contributed by atoms with Crippen LogP contribution in [0.3, 0.4) is 0 Å². The van der Waals surface area contributed by atoms with Crippen LogP contribution in [0.15, 0.2) is 24.3 Å². The number of likely N-dealkylation sites (N-methyl/N-ethyl adjacent to an activating group) is 1. The third-order valence-corrected chi connectivity index (χ3v) is 6.86. The summed E-state index contributed by atoms with van der Waals surface area (Å²) in [7, 11) is 1.69. The molecule has 9 nitrogen and oxygen atoms in total. The molecule has 0 radical (unpaired) electrons. The summed E-state index contributed by atoms with van der Waals surface area (Å²) in [5, 5.41) is 8.77. The van der Waals surface area contributed by atoms with E-state index in [1.165, 1.54) is 12.1 Å². The first-order chi connectivity index (χ1) is 16.8. The van der Waals surface area contributed by atoms with E-state index in [0.29, 0.717) is 25.3 Å². The van der Waals surface area contributed by atoms with Crippen molar-refractivity contribution in [3.8, 4) is 5.75 Å². The van der Waals surface area contributed by atoms with E-state index in [2.05, 4.69) is 16.0 Å². The van der Waals surface area contributed by atoms with E-state index in [1.54, 1.807) is 35.9 Å². The summed E-state index contributed by atoms with van der Waals surface area (Å²) in [5.74, 6) is -0.369. The van der Waals surface area contributed by atoms with Gasteiger partial charge in [-0.3, -0.25) is 9.59 Å². The zero-order valence-electron chi connectivity index (χ0n) is 22.3. The number of amides is 4. The molecule has 0 aliphatic carbocycles. The lowest BCUT2D eigenvalue weighted by atomic mass is 9.85. The van der Waals surface area contributed by atoms with Gasteiger partial charge in [-0.1, -0.05) is 20.8 Å². The quantitative estimate of drug-likeness (QED) is 0.527. The van der Waals surface area contributed by atoms with Crippen LogP contribution in [0.4, 0.5) is 9.18 Å². The Hall–Kier alpha value is -2.88. The number of hydrogen-bond acceptors (Lipinski definition) is 5. The maximum absolute atomic E-state index is 13.9. The van der Waals surface area contributed by atoms with Crippen LogP contribution in [0, 0.1) is 11.2 Å². The molecule has 1 aromatic carbocycles. The standard InChI is InChI=1S/C26H40FN5O4/c1-15(2)29-25(35)32-14-20(36-18-10-8-17(27)9-11-18)21-19(32)12-13-31(21)24(34)22(26(4,5)6)30-23(33)16(3)28-7/h8-11,15-16,19-22,28H,12-14H2,1-7H3,(H,29,35)(H,30,33). The maximum atomic E-state index is 13.9. The van der Waals surface area contributed by atoms with Crippen LogP contribution in [0.1, 0.15) is 48.0 Å². The van der Waals surface area contributed by atoms with E-state index < -0.39 is 29.6 Å². The molecule has 3 N–H and O–H groups in total. The van der Waals surface area contributed by atoms with Crippen LogP contribution in [0.5, 0.6) is 5.75 Å². The van der Waals surface area contributed by atoms with Gasteiger partial charge in [0.25, 0.3) is 0 Å². The molecular weight excluding hydrogens is 465 g/mol. The van der Waals surface area contributed by atoms with Crippen molar-refractivity contribution >= 4 is 17.8 Å². The summed E-state index contributed by atoms with van der Waals surface area (Å²) in [5.41, 5.74) is -0.543. The first-order valence-electron chi connectivity index (χ1n) is 12.6. The predicted octanol–water partition coefficient (Wildman–Crippen LogP) is 2.12. The summed E-state index contributed by atoms with van der Waals surface area (Å²) >= 11 is 0. The van der Waals surface area contributed by atoms with E-state index in [4.69, 9.17) is 4.74 Å². The predicted molar refractivity (Wildman–Crippen MR) is 135 cm³/mol. The average Bonchev–Trinajstić information content (AvgIpc) is 3.38. The molecule has 0 spiro atoms. The highest BCUT2D eigenvalue weighted by atomic mass is 19.1. The first-order valence-corrected chi connectivity index (χ1v) is 12.6. The van der Waals surface area contributed by atoms with Crippen LogP contribution in [0.25, 0.3) is 0 Å². The molecular formula is C26H40FN5O4. The van der Waals surface area contributed by atoms with Gasteiger partial charge < -0.3 is 30.5 Å². The smallest absolute Gasteiger partial charge is 0.318 e. The Kier molecular flexibility index (Phi) is 8.48. The molecule has 2 aliphatic rings. The SMILES string of the molecule is CNC(C)C(=O)NC(C(=O)N1CCC2C1C(Oc1ccc(F)cc1)CN2C(=O)NC(C)C)C(C)(C)C. The van der Waals surface area contributed by atoms with Gasteiger partial charge in [0.1, 0.15) is 23.7 Å². The second kappa shape index (κ2) is 11.0. The fraction of sp³-hybridized carbons (Fsp3) is 0.654. The third kappa shape index (κ3) is 6.08. The molecule has 4 amide bonds. The zero-order valence-corrected chi connectivity index (χ0v) is 22.3. The van der Waals surface area contributed by atoms with Gasteiger partial charge in [0.15, 0.2) is 0 Å². The number of rotatable bonds is 7. The number of ether oxygens (including phenoxy) is 1. The van der Waals surface area contributed by atoms with Gasteiger partial charge in [-0.2, -0.15) is 0 Å². The normalized spacial score (nSPS) is 23.3. The Labute approximate surface area is 213 Å². The Bertz CT molecular complexity index is 949. The largest absolute Gasteiger partial charge is 0.486 e. The van der Waals surface area contributed by atoms with Gasteiger partial charge >= 0.3 is 6.03 Å². The molecule has 2 saturated heterocycles. The van der Waals surface area contributed by atoms with E-state index in [0.717, 1.165) is 0 Å². The molecule has 0 saturated carbocycles. The van der Waals surface area contributed by atoms with Crippen LogP contribution >= 0.6 is 0 Å². The van der Waals surface area contributed by atoms with Gasteiger partial charge in [-0.05, 0) is 63.9 Å². The fourth-order valence-corrected chi connectivity index (χ4v) is 4.85. The number of likely N-dealkylation sites (tertiary alicyclic amines) is 2. The molecule has 0 bridgehead atoms. The Morgan fingerprint density at radius 2 is 1.69 bits per heavy atom. The second-order valence-electron chi connectivity index (χ2n) is 11.1. The van der Waals surface area contributed by atoms with Crippen molar-refractivity contribution in [2.75, 3.05) is 20.1 Å². The fourth-order valence-electron chi connectivity index (χ4n) is 4.85. The highest BCUT2D eigenvalue weighted by molar-refractivity contribution is 5.90. The Balaban J connectivity index is 1.90. The molecule has 2 aliphatic heterocycles. The summed E-state index contributed by atoms with van der Waals surface area (Å²) in [6.07, 6.45) is 0.0977. The number of carbonyl (C=O) groups excluding carboxylic acids is 3. The van der Waals surface area contributed by atoms with E-state index in [1.807, 2.05) is 34.6 Å². The number of halogens is 1. The molecule has 3 rings (SSSR count). The van der Waals surface area contributed by atoms with Crippen LogP contribution < -0.4 is 20.7 Å². The number of nitrogens with zero attached hydrogens (tertiary/aromatic N) is 2. The number of fused-ring (bicyclic) bond motifs is 1. The molecule has 36 heavy (non-hydrogen) atoms. The zero-order chi connectivity index (χ0) is 26.8. The van der Waals surface area contributed by atoms with Crippen molar-refractivity contribution in [3.05, 3.63) is 30.1 Å². The number of hydrogen-bond donors (Lipinski definition) is 3. The van der Waals surface area contributed by atoms with Gasteiger partial charge in [0, 0.05) is 12.6 Å². The molecule has 1 aromatic rings. The van der Waals surface area contributed by atoms with E-state index >= 15 is 0 Å². The Morgan fingerprint density at radius 3 is 2.25 bits per heavy atom. The topological polar surface area (TPSA) is 103 Å². The van der Waals surface area contributed by atoms with Crippen molar-refractivity contribution in [2.45, 2.75) is 84.3 Å². The van der Waals surface area contributed by atoms with E-state index in [9.17, 15) is 18.8 Å². The number of nitrogens with one attached hydrogen (secondary N) is 3. The minimum Gasteiger partial charge on any atom is -0.486 e. The maximum Gasteiger partial charge on any atom is 0.318 e.